The van der Waals surface area contributed by atoms with Gasteiger partial charge in [0.15, 0.2) is 0 Å². The van der Waals surface area contributed by atoms with E-state index in [9.17, 15) is 14.3 Å². The molecule has 156 valence electrons. The number of likely N-dealkylation sites (tertiary alicyclic amines) is 1. The number of aliphatic hydroxyl groups is 1. The first-order valence-electron chi connectivity index (χ1n) is 9.81. The number of hydrogen-bond donors (Lipinski definition) is 2. The monoisotopic (exact) mass is 402 g/mol. The summed E-state index contributed by atoms with van der Waals surface area (Å²) in [6, 6.07) is 12.7. The van der Waals surface area contributed by atoms with Crippen LogP contribution in [0.4, 0.5) is 4.39 Å². The van der Waals surface area contributed by atoms with Crippen molar-refractivity contribution in [1.82, 2.24) is 4.90 Å². The van der Waals surface area contributed by atoms with Crippen LogP contribution in [0.15, 0.2) is 48.5 Å². The number of amides is 1. The summed E-state index contributed by atoms with van der Waals surface area (Å²) < 4.78 is 24.3. The molecule has 2 unspecified atom stereocenters. The number of nitrogens with zero attached hydrogens (tertiary/aromatic N) is 1. The lowest BCUT2D eigenvalue weighted by molar-refractivity contribution is 0.0448. The standard InChI is InChI=1S/C22H27FN2O4/c23-17-7-9-19(10-8-17)28-14-16-4-3-11-25(12-16)13-18(26)15-29-21-6-2-1-5-20(21)22(24)27/h1-2,5-10,16,18,26H,3-4,11-15H2,(H2,24,27). The molecule has 1 aliphatic heterocycles. The Morgan fingerprint density at radius 1 is 1.21 bits per heavy atom. The normalized spacial score (nSPS) is 18.2. The van der Waals surface area contributed by atoms with Crippen LogP contribution in [0.3, 0.4) is 0 Å². The first-order chi connectivity index (χ1) is 14.0. The molecule has 6 nitrogen and oxygen atoms in total. The van der Waals surface area contributed by atoms with Crippen molar-refractivity contribution < 1.29 is 23.8 Å². The van der Waals surface area contributed by atoms with Gasteiger partial charge in [0.05, 0.1) is 12.2 Å². The zero-order valence-corrected chi connectivity index (χ0v) is 16.3. The minimum atomic E-state index is -0.687. The topological polar surface area (TPSA) is 85.0 Å². The highest BCUT2D eigenvalue weighted by Crippen LogP contribution is 2.20. The van der Waals surface area contributed by atoms with Gasteiger partial charge in [-0.05, 0) is 55.8 Å². The number of nitrogens with two attached hydrogens (primary N) is 1. The van der Waals surface area contributed by atoms with Gasteiger partial charge in [-0.2, -0.15) is 0 Å². The van der Waals surface area contributed by atoms with Gasteiger partial charge >= 0.3 is 0 Å². The van der Waals surface area contributed by atoms with Crippen molar-refractivity contribution >= 4 is 5.91 Å². The van der Waals surface area contributed by atoms with E-state index in [-0.39, 0.29) is 12.4 Å². The Kier molecular flexibility index (Phi) is 7.43. The van der Waals surface area contributed by atoms with E-state index in [1.165, 1.54) is 12.1 Å². The predicted molar refractivity (Wildman–Crippen MR) is 108 cm³/mol. The number of hydrogen-bond acceptors (Lipinski definition) is 5. The van der Waals surface area contributed by atoms with Crippen molar-refractivity contribution in [2.24, 2.45) is 11.7 Å². The van der Waals surface area contributed by atoms with Gasteiger partial charge in [0, 0.05) is 19.0 Å². The van der Waals surface area contributed by atoms with Crippen molar-refractivity contribution in [1.29, 1.82) is 0 Å². The first-order valence-corrected chi connectivity index (χ1v) is 9.81. The van der Waals surface area contributed by atoms with Gasteiger partial charge in [0.1, 0.15) is 30.0 Å². The molecule has 1 fully saturated rings. The van der Waals surface area contributed by atoms with E-state index in [0.29, 0.717) is 36.1 Å². The van der Waals surface area contributed by atoms with Crippen LogP contribution in [0, 0.1) is 11.7 Å². The molecular weight excluding hydrogens is 375 g/mol. The Morgan fingerprint density at radius 2 is 1.97 bits per heavy atom. The summed E-state index contributed by atoms with van der Waals surface area (Å²) in [5, 5.41) is 10.4. The average molecular weight is 402 g/mol. The highest BCUT2D eigenvalue weighted by atomic mass is 19.1. The van der Waals surface area contributed by atoms with Gasteiger partial charge in [0.2, 0.25) is 0 Å². The fourth-order valence-corrected chi connectivity index (χ4v) is 3.53. The summed E-state index contributed by atoms with van der Waals surface area (Å²) in [6.45, 7) is 2.84. The molecule has 0 spiro atoms. The van der Waals surface area contributed by atoms with Crippen molar-refractivity contribution in [2.75, 3.05) is 32.8 Å². The summed E-state index contributed by atoms with van der Waals surface area (Å²) in [5.74, 6) is 0.539. The second-order valence-corrected chi connectivity index (χ2v) is 7.36. The maximum atomic E-state index is 13.0. The van der Waals surface area contributed by atoms with Crippen LogP contribution < -0.4 is 15.2 Å². The molecule has 2 aromatic rings. The number of aliphatic hydroxyl groups excluding tert-OH is 1. The number of para-hydroxylation sites is 1. The smallest absolute Gasteiger partial charge is 0.252 e. The molecule has 3 N–H and O–H groups in total. The number of ether oxygens (including phenoxy) is 2. The lowest BCUT2D eigenvalue weighted by atomic mass is 9.98. The predicted octanol–water partition coefficient (Wildman–Crippen LogP) is 2.46. The van der Waals surface area contributed by atoms with Crippen LogP contribution in [0.5, 0.6) is 11.5 Å². The summed E-state index contributed by atoms with van der Waals surface area (Å²) in [4.78, 5) is 13.6. The lowest BCUT2D eigenvalue weighted by Crippen LogP contribution is -2.43. The third kappa shape index (κ3) is 6.44. The molecule has 0 bridgehead atoms. The Hall–Kier alpha value is -2.64. The number of benzene rings is 2. The summed E-state index contributed by atoms with van der Waals surface area (Å²) in [7, 11) is 0. The summed E-state index contributed by atoms with van der Waals surface area (Å²) in [5.41, 5.74) is 5.64. The maximum Gasteiger partial charge on any atom is 0.252 e. The van der Waals surface area contributed by atoms with Gasteiger partial charge in [0.25, 0.3) is 5.91 Å². The highest BCUT2D eigenvalue weighted by molar-refractivity contribution is 5.95. The molecule has 7 heteroatoms. The Labute approximate surface area is 170 Å². The van der Waals surface area contributed by atoms with Gasteiger partial charge in [-0.15, -0.1) is 0 Å². The van der Waals surface area contributed by atoms with E-state index in [0.717, 1.165) is 25.9 Å². The van der Waals surface area contributed by atoms with E-state index in [1.807, 2.05) is 0 Å². The van der Waals surface area contributed by atoms with Crippen LogP contribution in [0.1, 0.15) is 23.2 Å². The maximum absolute atomic E-state index is 13.0. The number of primary amides is 1. The molecule has 0 aliphatic carbocycles. The van der Waals surface area contributed by atoms with Crippen LogP contribution in [0.2, 0.25) is 0 Å². The first kappa shape index (κ1) is 21.1. The second kappa shape index (κ2) is 10.2. The number of carbonyl (C=O) groups excluding carboxylic acids is 1. The minimum Gasteiger partial charge on any atom is -0.493 e. The van der Waals surface area contributed by atoms with E-state index in [4.69, 9.17) is 15.2 Å². The fraction of sp³-hybridized carbons (Fsp3) is 0.409. The van der Waals surface area contributed by atoms with Crippen molar-refractivity contribution in [2.45, 2.75) is 18.9 Å². The molecule has 0 radical (unpaired) electrons. The molecule has 2 aromatic carbocycles. The third-order valence-electron chi connectivity index (χ3n) is 4.96. The van der Waals surface area contributed by atoms with Crippen molar-refractivity contribution in [3.63, 3.8) is 0 Å². The largest absolute Gasteiger partial charge is 0.493 e. The fourth-order valence-electron chi connectivity index (χ4n) is 3.53. The van der Waals surface area contributed by atoms with E-state index < -0.39 is 12.0 Å². The number of β-amino-alcohol motifs (C(OH)–C–C–N with tert-alkyl or cyclic N) is 1. The van der Waals surface area contributed by atoms with E-state index >= 15 is 0 Å². The zero-order valence-electron chi connectivity index (χ0n) is 16.3. The number of halogens is 1. The zero-order chi connectivity index (χ0) is 20.6. The number of piperidine rings is 1. The van der Waals surface area contributed by atoms with Gasteiger partial charge in [-0.1, -0.05) is 12.1 Å². The molecule has 1 heterocycles. The molecule has 1 aliphatic rings. The highest BCUT2D eigenvalue weighted by Gasteiger charge is 2.23. The van der Waals surface area contributed by atoms with E-state index in [2.05, 4.69) is 4.90 Å². The molecule has 0 aromatic heterocycles. The van der Waals surface area contributed by atoms with Gasteiger partial charge < -0.3 is 25.2 Å². The minimum absolute atomic E-state index is 0.0809. The molecule has 3 rings (SSSR count). The summed E-state index contributed by atoms with van der Waals surface area (Å²) >= 11 is 0. The quantitative estimate of drug-likeness (QED) is 0.673. The van der Waals surface area contributed by atoms with Crippen molar-refractivity contribution in [3.8, 4) is 11.5 Å². The van der Waals surface area contributed by atoms with E-state index in [1.54, 1.807) is 36.4 Å². The molecule has 2 atom stereocenters. The van der Waals surface area contributed by atoms with Crippen molar-refractivity contribution in [3.05, 3.63) is 59.9 Å². The Morgan fingerprint density at radius 3 is 2.72 bits per heavy atom. The SMILES string of the molecule is NC(=O)c1ccccc1OCC(O)CN1CCCC(COc2ccc(F)cc2)C1. The van der Waals surface area contributed by atoms with Gasteiger partial charge in [-0.25, -0.2) is 4.39 Å². The van der Waals surface area contributed by atoms with Crippen LogP contribution >= 0.6 is 0 Å². The third-order valence-corrected chi connectivity index (χ3v) is 4.96. The molecule has 1 amide bonds. The van der Waals surface area contributed by atoms with Crippen LogP contribution in [-0.4, -0.2) is 54.9 Å². The number of carbonyl (C=O) groups is 1. The van der Waals surface area contributed by atoms with Crippen LogP contribution in [-0.2, 0) is 0 Å². The second-order valence-electron chi connectivity index (χ2n) is 7.36. The molecular formula is C22H27FN2O4. The average Bonchev–Trinajstić information content (AvgIpc) is 2.72. The number of rotatable bonds is 9. The van der Waals surface area contributed by atoms with Gasteiger partial charge in [-0.3, -0.25) is 4.79 Å². The molecule has 1 saturated heterocycles. The Balaban J connectivity index is 1.43. The summed E-state index contributed by atoms with van der Waals surface area (Å²) in [6.07, 6.45) is 1.39. The Bertz CT molecular complexity index is 800. The lowest BCUT2D eigenvalue weighted by Gasteiger charge is -2.33. The van der Waals surface area contributed by atoms with Crippen LogP contribution in [0.25, 0.3) is 0 Å². The molecule has 29 heavy (non-hydrogen) atoms. The molecule has 0 saturated carbocycles.